The third-order valence-corrected chi connectivity index (χ3v) is 3.70. The van der Waals surface area contributed by atoms with Gasteiger partial charge in [0.05, 0.1) is 6.54 Å². The highest BCUT2D eigenvalue weighted by atomic mass is 19.4. The lowest BCUT2D eigenvalue weighted by Gasteiger charge is -2.08. The smallest absolute Gasteiger partial charge is 0.361 e. The summed E-state index contributed by atoms with van der Waals surface area (Å²) in [6, 6.07) is 4.80. The molecule has 4 rings (SSSR count). The van der Waals surface area contributed by atoms with E-state index in [-0.39, 0.29) is 18.0 Å². The van der Waals surface area contributed by atoms with E-state index in [0.717, 1.165) is 11.4 Å². The molecule has 134 valence electrons. The molecule has 0 bridgehead atoms. The molecule has 26 heavy (non-hydrogen) atoms. The van der Waals surface area contributed by atoms with Crippen LogP contribution in [0.1, 0.15) is 23.0 Å². The van der Waals surface area contributed by atoms with Gasteiger partial charge in [0.1, 0.15) is 5.82 Å². The summed E-state index contributed by atoms with van der Waals surface area (Å²) in [5.41, 5.74) is 1.73. The third kappa shape index (κ3) is 2.68. The van der Waals surface area contributed by atoms with Crippen molar-refractivity contribution in [3.63, 3.8) is 0 Å². The Labute approximate surface area is 143 Å². The van der Waals surface area contributed by atoms with Crippen LogP contribution in [0.5, 0.6) is 0 Å². The molecule has 0 amide bonds. The second kappa shape index (κ2) is 5.61. The molecule has 4 heterocycles. The topological polar surface area (TPSA) is 98.2 Å². The quantitative estimate of drug-likeness (QED) is 0.593. The Morgan fingerprint density at radius 1 is 1.08 bits per heavy atom. The number of rotatable bonds is 3. The highest BCUT2D eigenvalue weighted by molar-refractivity contribution is 5.44. The van der Waals surface area contributed by atoms with Crippen molar-refractivity contribution in [2.45, 2.75) is 26.6 Å². The number of aromatic nitrogens is 8. The Balaban J connectivity index is 1.64. The van der Waals surface area contributed by atoms with E-state index in [4.69, 9.17) is 0 Å². The number of anilines is 1. The van der Waals surface area contributed by atoms with Gasteiger partial charge in [-0.15, -0.1) is 25.5 Å². The molecule has 4 aromatic rings. The van der Waals surface area contributed by atoms with E-state index in [1.807, 2.05) is 19.9 Å². The van der Waals surface area contributed by atoms with Gasteiger partial charge in [-0.1, -0.05) is 0 Å². The van der Waals surface area contributed by atoms with Crippen molar-refractivity contribution in [3.8, 4) is 0 Å². The Bertz CT molecular complexity index is 1110. The molecule has 0 aromatic carbocycles. The fourth-order valence-electron chi connectivity index (χ4n) is 2.64. The molecule has 0 aliphatic heterocycles. The van der Waals surface area contributed by atoms with Crippen LogP contribution in [0.15, 0.2) is 18.2 Å². The minimum absolute atomic E-state index is 0.00585. The average Bonchev–Trinajstić information content (AvgIpc) is 3.15. The molecular weight excluding hydrogens is 351 g/mol. The minimum Gasteiger partial charge on any atom is -0.361 e. The lowest BCUT2D eigenvalue weighted by molar-refractivity contribution is -0.146. The molecule has 1 N–H and O–H groups in total. The zero-order valence-corrected chi connectivity index (χ0v) is 13.7. The summed E-state index contributed by atoms with van der Waals surface area (Å²) in [7, 11) is 0. The van der Waals surface area contributed by atoms with E-state index >= 15 is 0 Å². The van der Waals surface area contributed by atoms with Crippen molar-refractivity contribution in [1.82, 2.24) is 39.4 Å². The predicted octanol–water partition coefficient (Wildman–Crippen LogP) is 1.81. The molecule has 0 fully saturated rings. The predicted molar refractivity (Wildman–Crippen MR) is 83.4 cm³/mol. The summed E-state index contributed by atoms with van der Waals surface area (Å²) in [5.74, 6) is 0.0597. The summed E-state index contributed by atoms with van der Waals surface area (Å²) in [6.45, 7) is 3.95. The Morgan fingerprint density at radius 3 is 2.65 bits per heavy atom. The van der Waals surface area contributed by atoms with Crippen LogP contribution in [0.2, 0.25) is 0 Å². The van der Waals surface area contributed by atoms with E-state index < -0.39 is 12.0 Å². The Morgan fingerprint density at radius 2 is 1.88 bits per heavy atom. The van der Waals surface area contributed by atoms with Crippen LogP contribution in [-0.4, -0.2) is 39.4 Å². The van der Waals surface area contributed by atoms with Crippen molar-refractivity contribution in [2.24, 2.45) is 0 Å². The van der Waals surface area contributed by atoms with E-state index in [1.54, 1.807) is 4.40 Å². The normalized spacial score (nSPS) is 12.2. The van der Waals surface area contributed by atoms with Gasteiger partial charge in [0.25, 0.3) is 11.6 Å². The van der Waals surface area contributed by atoms with E-state index in [0.29, 0.717) is 16.1 Å². The molecule has 9 nitrogen and oxygen atoms in total. The van der Waals surface area contributed by atoms with Crippen molar-refractivity contribution in [1.29, 1.82) is 0 Å². The maximum Gasteiger partial charge on any atom is 0.453 e. The SMILES string of the molecule is Cc1cc(C)n2c(CNc3ccc4nnc(C(F)(F)F)n4n3)nnc2n1. The van der Waals surface area contributed by atoms with Crippen molar-refractivity contribution in [3.05, 3.63) is 41.2 Å². The van der Waals surface area contributed by atoms with Gasteiger partial charge < -0.3 is 5.32 Å². The molecule has 0 aliphatic rings. The lowest BCUT2D eigenvalue weighted by Crippen LogP contribution is -2.14. The number of halogens is 3. The Kier molecular flexibility index (Phi) is 3.49. The Hall–Kier alpha value is -3.31. The van der Waals surface area contributed by atoms with E-state index in [1.165, 1.54) is 12.1 Å². The molecule has 0 spiro atoms. The molecular formula is C14H12F3N9. The molecule has 0 aliphatic carbocycles. The summed E-state index contributed by atoms with van der Waals surface area (Å²) in [4.78, 5) is 4.29. The molecule has 0 unspecified atom stereocenters. The van der Waals surface area contributed by atoms with Crippen molar-refractivity contribution in [2.75, 3.05) is 5.32 Å². The first-order chi connectivity index (χ1) is 12.3. The highest BCUT2D eigenvalue weighted by Gasteiger charge is 2.37. The number of aryl methyl sites for hydroxylation is 2. The maximum atomic E-state index is 12.9. The first-order valence-corrected chi connectivity index (χ1v) is 7.55. The van der Waals surface area contributed by atoms with Crippen LogP contribution in [-0.2, 0) is 12.7 Å². The molecule has 0 saturated carbocycles. The van der Waals surface area contributed by atoms with Gasteiger partial charge in [0.2, 0.25) is 0 Å². The zero-order valence-electron chi connectivity index (χ0n) is 13.7. The largest absolute Gasteiger partial charge is 0.453 e. The van der Waals surface area contributed by atoms with E-state index in [2.05, 4.69) is 35.8 Å². The first-order valence-electron chi connectivity index (χ1n) is 7.55. The summed E-state index contributed by atoms with van der Waals surface area (Å²) >= 11 is 0. The summed E-state index contributed by atoms with van der Waals surface area (Å²) in [6.07, 6.45) is -4.64. The van der Waals surface area contributed by atoms with Gasteiger partial charge in [-0.25, -0.2) is 4.98 Å². The van der Waals surface area contributed by atoms with Gasteiger partial charge in [-0.05, 0) is 32.0 Å². The van der Waals surface area contributed by atoms with Crippen LogP contribution in [0.25, 0.3) is 11.4 Å². The molecule has 4 aromatic heterocycles. The standard InChI is InChI=1S/C14H12F3N9/c1-7-5-8(2)25-11(21-23-13(25)19-7)6-18-9-3-4-10-20-22-12(14(15,16)17)26(10)24-9/h3-5H,6H2,1-2H3,(H,18,24). The lowest BCUT2D eigenvalue weighted by atomic mass is 10.3. The summed E-state index contributed by atoms with van der Waals surface area (Å²) in [5, 5.41) is 21.5. The summed E-state index contributed by atoms with van der Waals surface area (Å²) < 4.78 is 41.2. The minimum atomic E-state index is -4.64. The molecule has 0 saturated heterocycles. The van der Waals surface area contributed by atoms with Crippen LogP contribution in [0.4, 0.5) is 19.0 Å². The van der Waals surface area contributed by atoms with Crippen molar-refractivity contribution >= 4 is 17.2 Å². The number of hydrogen-bond acceptors (Lipinski definition) is 7. The number of alkyl halides is 3. The average molecular weight is 363 g/mol. The van der Waals surface area contributed by atoms with Crippen LogP contribution in [0, 0.1) is 13.8 Å². The van der Waals surface area contributed by atoms with Gasteiger partial charge in [0, 0.05) is 11.4 Å². The van der Waals surface area contributed by atoms with Crippen LogP contribution >= 0.6 is 0 Å². The number of nitrogens with zero attached hydrogens (tertiary/aromatic N) is 8. The van der Waals surface area contributed by atoms with Crippen molar-refractivity contribution < 1.29 is 13.2 Å². The van der Waals surface area contributed by atoms with E-state index in [9.17, 15) is 13.2 Å². The van der Waals surface area contributed by atoms with Crippen LogP contribution in [0.3, 0.4) is 0 Å². The van der Waals surface area contributed by atoms with Gasteiger partial charge >= 0.3 is 6.18 Å². The monoisotopic (exact) mass is 363 g/mol. The molecule has 12 heteroatoms. The highest BCUT2D eigenvalue weighted by Crippen LogP contribution is 2.27. The van der Waals surface area contributed by atoms with Gasteiger partial charge in [0.15, 0.2) is 11.5 Å². The second-order valence-corrected chi connectivity index (χ2v) is 5.65. The second-order valence-electron chi connectivity index (χ2n) is 5.65. The number of nitrogens with one attached hydrogen (secondary N) is 1. The number of fused-ring (bicyclic) bond motifs is 2. The van der Waals surface area contributed by atoms with Gasteiger partial charge in [-0.2, -0.15) is 17.7 Å². The fraction of sp³-hybridized carbons (Fsp3) is 0.286. The zero-order chi connectivity index (χ0) is 18.5. The van der Waals surface area contributed by atoms with Gasteiger partial charge in [-0.3, -0.25) is 4.40 Å². The molecule has 0 atom stereocenters. The maximum absolute atomic E-state index is 12.9. The van der Waals surface area contributed by atoms with Crippen LogP contribution < -0.4 is 5.32 Å². The number of hydrogen-bond donors (Lipinski definition) is 1. The fourth-order valence-corrected chi connectivity index (χ4v) is 2.64. The first kappa shape index (κ1) is 16.2. The molecule has 0 radical (unpaired) electrons. The third-order valence-electron chi connectivity index (χ3n) is 3.70.